The van der Waals surface area contributed by atoms with E-state index in [1.54, 1.807) is 12.1 Å². The highest BCUT2D eigenvalue weighted by Crippen LogP contribution is 2.16. The molecule has 0 saturated carbocycles. The van der Waals surface area contributed by atoms with Gasteiger partial charge >= 0.3 is 6.03 Å². The van der Waals surface area contributed by atoms with Gasteiger partial charge in [-0.3, -0.25) is 4.79 Å². The average molecular weight is 333 g/mol. The molecule has 0 heterocycles. The second-order valence-corrected chi connectivity index (χ2v) is 5.94. The second-order valence-electron chi connectivity index (χ2n) is 5.94. The molecule has 3 N–H and O–H groups in total. The van der Waals surface area contributed by atoms with Crippen molar-refractivity contribution in [2.45, 2.75) is 25.7 Å². The number of hydrogen-bond acceptors (Lipinski definition) is 2. The van der Waals surface area contributed by atoms with Crippen molar-refractivity contribution in [1.82, 2.24) is 16.0 Å². The highest BCUT2D eigenvalue weighted by Gasteiger charge is 2.11. The fourth-order valence-electron chi connectivity index (χ4n) is 2.57. The summed E-state index contributed by atoms with van der Waals surface area (Å²) >= 11 is 0. The number of rotatable bonds is 7. The molecule has 3 amide bonds. The van der Waals surface area contributed by atoms with E-state index in [-0.39, 0.29) is 24.2 Å². The standard InChI is InChI=1S/C18H24FN3O2/c19-16-8-6-14(7-9-16)12-17(23)20-10-11-21-18(24)22-13-15-4-2-1-3-5-15/h1-2,6-9,15H,3-5,10-13H2,(H,20,23)(H2,21,22,24)/t15-/m0/s1. The molecule has 0 saturated heterocycles. The number of amides is 3. The number of urea groups is 1. The summed E-state index contributed by atoms with van der Waals surface area (Å²) in [4.78, 5) is 23.4. The average Bonchev–Trinajstić information content (AvgIpc) is 2.60. The monoisotopic (exact) mass is 333 g/mol. The van der Waals surface area contributed by atoms with Crippen LogP contribution in [0.2, 0.25) is 0 Å². The lowest BCUT2D eigenvalue weighted by molar-refractivity contribution is -0.120. The first-order chi connectivity index (χ1) is 11.6. The van der Waals surface area contributed by atoms with Crippen LogP contribution < -0.4 is 16.0 Å². The van der Waals surface area contributed by atoms with E-state index in [9.17, 15) is 14.0 Å². The second kappa shape index (κ2) is 9.70. The number of allylic oxidation sites excluding steroid dienone is 2. The molecule has 1 aromatic carbocycles. The van der Waals surface area contributed by atoms with Gasteiger partial charge in [0, 0.05) is 19.6 Å². The molecule has 1 aliphatic rings. The Morgan fingerprint density at radius 2 is 1.79 bits per heavy atom. The SMILES string of the molecule is O=C(Cc1ccc(F)cc1)NCCNC(=O)NC[C@H]1CC=CCC1. The van der Waals surface area contributed by atoms with Crippen LogP contribution in [-0.2, 0) is 11.2 Å². The molecule has 6 heteroatoms. The Balaban J connectivity index is 1.53. The molecule has 0 spiro atoms. The summed E-state index contributed by atoms with van der Waals surface area (Å²) in [5.74, 6) is 0.0348. The summed E-state index contributed by atoms with van der Waals surface area (Å²) in [6.07, 6.45) is 7.72. The Morgan fingerprint density at radius 1 is 1.04 bits per heavy atom. The Kier molecular flexibility index (Phi) is 7.26. The van der Waals surface area contributed by atoms with Crippen LogP contribution in [0.3, 0.4) is 0 Å². The van der Waals surface area contributed by atoms with Crippen LogP contribution in [0.5, 0.6) is 0 Å². The Morgan fingerprint density at radius 3 is 2.50 bits per heavy atom. The van der Waals surface area contributed by atoms with Crippen molar-refractivity contribution in [2.24, 2.45) is 5.92 Å². The van der Waals surface area contributed by atoms with Gasteiger partial charge in [0.15, 0.2) is 0 Å². The van der Waals surface area contributed by atoms with E-state index in [1.165, 1.54) is 12.1 Å². The van der Waals surface area contributed by atoms with E-state index in [0.29, 0.717) is 25.6 Å². The number of carbonyl (C=O) groups is 2. The van der Waals surface area contributed by atoms with Crippen molar-refractivity contribution in [1.29, 1.82) is 0 Å². The molecule has 2 rings (SSSR count). The van der Waals surface area contributed by atoms with Crippen LogP contribution >= 0.6 is 0 Å². The number of carbonyl (C=O) groups excluding carboxylic acids is 2. The highest BCUT2D eigenvalue weighted by molar-refractivity contribution is 5.78. The molecule has 1 aromatic rings. The molecular formula is C18H24FN3O2. The maximum absolute atomic E-state index is 12.8. The summed E-state index contributed by atoms with van der Waals surface area (Å²) in [7, 11) is 0. The van der Waals surface area contributed by atoms with Crippen molar-refractivity contribution in [3.05, 3.63) is 47.8 Å². The topological polar surface area (TPSA) is 70.2 Å². The summed E-state index contributed by atoms with van der Waals surface area (Å²) in [6.45, 7) is 1.40. The smallest absolute Gasteiger partial charge is 0.314 e. The van der Waals surface area contributed by atoms with Crippen LogP contribution in [0.25, 0.3) is 0 Å². The van der Waals surface area contributed by atoms with Crippen LogP contribution in [0.4, 0.5) is 9.18 Å². The highest BCUT2D eigenvalue weighted by atomic mass is 19.1. The van der Waals surface area contributed by atoms with Crippen molar-refractivity contribution in [2.75, 3.05) is 19.6 Å². The summed E-state index contributed by atoms with van der Waals surface area (Å²) in [5.41, 5.74) is 0.751. The quantitative estimate of drug-likeness (QED) is 0.528. The molecule has 5 nitrogen and oxygen atoms in total. The van der Waals surface area contributed by atoms with Crippen molar-refractivity contribution >= 4 is 11.9 Å². The lowest BCUT2D eigenvalue weighted by atomic mass is 9.94. The third kappa shape index (κ3) is 6.81. The summed E-state index contributed by atoms with van der Waals surface area (Å²) in [5, 5.41) is 8.29. The molecule has 0 aliphatic heterocycles. The van der Waals surface area contributed by atoms with Gasteiger partial charge in [-0.1, -0.05) is 24.3 Å². The van der Waals surface area contributed by atoms with E-state index < -0.39 is 0 Å². The van der Waals surface area contributed by atoms with Crippen LogP contribution in [-0.4, -0.2) is 31.6 Å². The first-order valence-electron chi connectivity index (χ1n) is 8.31. The predicted molar refractivity (Wildman–Crippen MR) is 91.0 cm³/mol. The van der Waals surface area contributed by atoms with Gasteiger partial charge in [-0.15, -0.1) is 0 Å². The van der Waals surface area contributed by atoms with E-state index in [0.717, 1.165) is 24.8 Å². The van der Waals surface area contributed by atoms with Gasteiger partial charge in [-0.2, -0.15) is 0 Å². The molecule has 0 bridgehead atoms. The zero-order chi connectivity index (χ0) is 17.2. The van der Waals surface area contributed by atoms with E-state index in [4.69, 9.17) is 0 Å². The van der Waals surface area contributed by atoms with Crippen LogP contribution in [0, 0.1) is 11.7 Å². The van der Waals surface area contributed by atoms with Crippen molar-refractivity contribution in [3.63, 3.8) is 0 Å². The van der Waals surface area contributed by atoms with E-state index >= 15 is 0 Å². The maximum atomic E-state index is 12.8. The van der Waals surface area contributed by atoms with E-state index in [1.807, 2.05) is 0 Å². The zero-order valence-electron chi connectivity index (χ0n) is 13.7. The lowest BCUT2D eigenvalue weighted by Gasteiger charge is -2.18. The fraction of sp³-hybridized carbons (Fsp3) is 0.444. The normalized spacial score (nSPS) is 16.5. The number of benzene rings is 1. The molecule has 0 aromatic heterocycles. The number of hydrogen-bond donors (Lipinski definition) is 3. The maximum Gasteiger partial charge on any atom is 0.314 e. The van der Waals surface area contributed by atoms with E-state index in [2.05, 4.69) is 28.1 Å². The zero-order valence-corrected chi connectivity index (χ0v) is 13.7. The minimum atomic E-state index is -0.321. The van der Waals surface area contributed by atoms with Gasteiger partial charge in [0.1, 0.15) is 5.82 Å². The molecule has 0 unspecified atom stereocenters. The van der Waals surface area contributed by atoms with Crippen LogP contribution in [0.1, 0.15) is 24.8 Å². The Hall–Kier alpha value is -2.37. The first kappa shape index (κ1) is 18.0. The Bertz CT molecular complexity index is 572. The molecule has 1 atom stereocenters. The number of nitrogens with one attached hydrogen (secondary N) is 3. The first-order valence-corrected chi connectivity index (χ1v) is 8.31. The minimum Gasteiger partial charge on any atom is -0.354 e. The van der Waals surface area contributed by atoms with Gasteiger partial charge in [0.25, 0.3) is 0 Å². The Labute approximate surface area is 141 Å². The summed E-state index contributed by atoms with van der Waals surface area (Å²) in [6, 6.07) is 5.62. The third-order valence-electron chi connectivity index (χ3n) is 3.94. The van der Waals surface area contributed by atoms with Gasteiger partial charge in [-0.05, 0) is 42.9 Å². The minimum absolute atomic E-state index is 0.155. The van der Waals surface area contributed by atoms with Crippen LogP contribution in [0.15, 0.2) is 36.4 Å². The van der Waals surface area contributed by atoms with Gasteiger partial charge in [-0.25, -0.2) is 9.18 Å². The fourth-order valence-corrected chi connectivity index (χ4v) is 2.57. The summed E-state index contributed by atoms with van der Waals surface area (Å²) < 4.78 is 12.8. The van der Waals surface area contributed by atoms with Gasteiger partial charge in [0.05, 0.1) is 6.42 Å². The third-order valence-corrected chi connectivity index (χ3v) is 3.94. The molecule has 0 radical (unpaired) electrons. The molecule has 24 heavy (non-hydrogen) atoms. The number of halogens is 1. The van der Waals surface area contributed by atoms with Crippen molar-refractivity contribution in [3.8, 4) is 0 Å². The molecular weight excluding hydrogens is 309 g/mol. The predicted octanol–water partition coefficient (Wildman–Crippen LogP) is 2.14. The largest absolute Gasteiger partial charge is 0.354 e. The molecule has 1 aliphatic carbocycles. The van der Waals surface area contributed by atoms with Gasteiger partial charge < -0.3 is 16.0 Å². The molecule has 130 valence electrons. The lowest BCUT2D eigenvalue weighted by Crippen LogP contribution is -2.42. The molecule has 0 fully saturated rings. The van der Waals surface area contributed by atoms with Crippen molar-refractivity contribution < 1.29 is 14.0 Å². The van der Waals surface area contributed by atoms with Gasteiger partial charge in [0.2, 0.25) is 5.91 Å².